The molecule has 20 atom stereocenters. The first kappa shape index (κ1) is 61.1. The number of carbonyl (C=O) groups is 4. The lowest BCUT2D eigenvalue weighted by molar-refractivity contribution is -0.367. The van der Waals surface area contributed by atoms with Gasteiger partial charge in [-0.2, -0.15) is 33.7 Å². The van der Waals surface area contributed by atoms with Crippen molar-refractivity contribution in [1.82, 2.24) is 10.6 Å². The topological polar surface area (TPSA) is 562 Å². The van der Waals surface area contributed by atoms with Crippen LogP contribution in [0, 0.1) is 0 Å². The molecule has 41 heteroatoms. The molecule has 4 saturated heterocycles. The predicted octanol–water partition coefficient (Wildman–Crippen LogP) is -8.76. The predicted molar refractivity (Wildman–Crippen MR) is 214 cm³/mol. The zero-order chi connectivity index (χ0) is 54.6. The summed E-state index contributed by atoms with van der Waals surface area (Å²) < 4.78 is 195. The Morgan fingerprint density at radius 2 is 0.903 bits per heavy atom. The lowest BCUT2D eigenvalue weighted by Crippen LogP contribution is -2.71. The van der Waals surface area contributed by atoms with Gasteiger partial charge in [0.1, 0.15) is 85.3 Å². The van der Waals surface area contributed by atoms with Crippen LogP contribution in [0.25, 0.3) is 0 Å². The molecule has 0 aromatic carbocycles. The van der Waals surface area contributed by atoms with E-state index in [0.29, 0.717) is 0 Å². The minimum atomic E-state index is -5.84. The maximum atomic E-state index is 12.9. The molecule has 0 aliphatic carbocycles. The van der Waals surface area contributed by atoms with Crippen LogP contribution in [0.3, 0.4) is 0 Å². The Labute approximate surface area is 405 Å². The molecule has 13 N–H and O–H groups in total. The van der Waals surface area contributed by atoms with Crippen LogP contribution in [0.15, 0.2) is 12.7 Å². The Morgan fingerprint density at radius 1 is 0.514 bits per heavy atom. The van der Waals surface area contributed by atoms with Gasteiger partial charge in [-0.15, -0.1) is 6.58 Å². The summed E-state index contributed by atoms with van der Waals surface area (Å²) in [6.45, 7) is 1.47. The van der Waals surface area contributed by atoms with Gasteiger partial charge in [0, 0.05) is 13.8 Å². The highest BCUT2D eigenvalue weighted by Crippen LogP contribution is 2.37. The molecule has 4 heterocycles. The van der Waals surface area contributed by atoms with E-state index in [1.54, 1.807) is 0 Å². The van der Waals surface area contributed by atoms with Crippen LogP contribution in [0.5, 0.6) is 0 Å². The summed E-state index contributed by atoms with van der Waals surface area (Å²) in [5.74, 6) is -6.41. The van der Waals surface area contributed by atoms with Gasteiger partial charge < -0.3 is 84.3 Å². The number of ether oxygens (including phenoxy) is 8. The van der Waals surface area contributed by atoms with E-state index >= 15 is 0 Å². The van der Waals surface area contributed by atoms with E-state index in [-0.39, 0.29) is 0 Å². The quantitative estimate of drug-likeness (QED) is 0.0334. The third-order valence-corrected chi connectivity index (χ3v) is 11.9. The third-order valence-electron chi connectivity index (χ3n) is 10.1. The van der Waals surface area contributed by atoms with Crippen LogP contribution >= 0.6 is 0 Å². The zero-order valence-electron chi connectivity index (χ0n) is 36.3. The molecule has 9 unspecified atom stereocenters. The number of hydrogen-bond donors (Lipinski definition) is 13. The van der Waals surface area contributed by atoms with E-state index in [0.717, 1.165) is 19.9 Å². The molecule has 37 nitrogen and oxygen atoms in total. The van der Waals surface area contributed by atoms with E-state index in [1.165, 1.54) is 0 Å². The molecule has 0 saturated carbocycles. The molecule has 0 radical (unpaired) electrons. The Bertz CT molecular complexity index is 2390. The summed E-state index contributed by atoms with van der Waals surface area (Å²) in [5, 5.41) is 78.7. The number of carbonyl (C=O) groups excluding carboxylic acids is 2. The van der Waals surface area contributed by atoms with Gasteiger partial charge >= 0.3 is 53.5 Å². The summed E-state index contributed by atoms with van der Waals surface area (Å²) in [6, 6.07) is -4.30. The number of rotatable bonds is 23. The van der Waals surface area contributed by atoms with Crippen molar-refractivity contribution in [2.75, 3.05) is 19.8 Å². The smallest absolute Gasteiger partial charge is 0.397 e. The summed E-state index contributed by atoms with van der Waals surface area (Å²) in [4.78, 5) is 49.9. The van der Waals surface area contributed by atoms with Crippen molar-refractivity contribution in [2.24, 2.45) is 0 Å². The molecular formula is C31H48N2O35S4. The maximum Gasteiger partial charge on any atom is 0.397 e. The Hall–Kier alpha value is -3.42. The fourth-order valence-corrected chi connectivity index (χ4v) is 8.99. The van der Waals surface area contributed by atoms with Gasteiger partial charge in [0.05, 0.1) is 19.8 Å². The van der Waals surface area contributed by atoms with Crippen LogP contribution in [-0.4, -0.2) is 254 Å². The molecule has 2 amide bonds. The summed E-state index contributed by atoms with van der Waals surface area (Å²) in [5.41, 5.74) is 0. The average molecular weight is 1140 g/mol. The first-order valence-corrected chi connectivity index (χ1v) is 25.2. The van der Waals surface area contributed by atoms with Gasteiger partial charge in [0.2, 0.25) is 11.8 Å². The number of carboxylic acids is 2. The highest BCUT2D eigenvalue weighted by Gasteiger charge is 2.59. The van der Waals surface area contributed by atoms with Crippen molar-refractivity contribution in [3.8, 4) is 0 Å². The second kappa shape index (κ2) is 24.5. The summed E-state index contributed by atoms with van der Waals surface area (Å²) in [7, 11) is -22.5. The molecule has 416 valence electrons. The first-order valence-electron chi connectivity index (χ1n) is 19.8. The number of aliphatic hydroxyl groups is 5. The van der Waals surface area contributed by atoms with Crippen molar-refractivity contribution < 1.29 is 161 Å². The molecule has 4 aliphatic heterocycles. The second-order valence-corrected chi connectivity index (χ2v) is 19.6. The molecule has 4 aliphatic rings. The monoisotopic (exact) mass is 1140 g/mol. The molecule has 72 heavy (non-hydrogen) atoms. The summed E-state index contributed by atoms with van der Waals surface area (Å²) in [6.07, 6.45) is -44.1. The van der Waals surface area contributed by atoms with Crippen LogP contribution in [0.1, 0.15) is 13.8 Å². The number of carboxylic acid groups (broad SMARTS) is 2. The molecular weight excluding hydrogens is 1090 g/mol. The number of hydrogen-bond acceptors (Lipinski definition) is 29. The maximum absolute atomic E-state index is 12.9. The van der Waals surface area contributed by atoms with Crippen LogP contribution < -0.4 is 10.6 Å². The molecule has 4 fully saturated rings. The van der Waals surface area contributed by atoms with Crippen molar-refractivity contribution in [2.45, 2.75) is 137 Å². The van der Waals surface area contributed by atoms with Crippen LogP contribution in [0.2, 0.25) is 0 Å². The average Bonchev–Trinajstić information content (AvgIpc) is 3.22. The van der Waals surface area contributed by atoms with E-state index in [1.807, 2.05) is 5.32 Å². The molecule has 0 spiro atoms. The fraction of sp³-hybridized carbons (Fsp3) is 0.806. The lowest BCUT2D eigenvalue weighted by Gasteiger charge is -2.50. The Morgan fingerprint density at radius 3 is 1.29 bits per heavy atom. The zero-order valence-corrected chi connectivity index (χ0v) is 39.6. The number of aliphatic hydroxyl groups excluding tert-OH is 5. The SMILES string of the molecule is C=CCO[C@@H]1OC(COS(=O)(=O)O)[C@H](OS(=O)(=O)O)[C@H](O[C@@H]2OC(C(=O)O)[C@@H](O[C@@H]3OC(COS(=O)(=O)O)[C@H](OS(=O)(=O)O)[C@H](O[C@@H]4OC(C(=O)O)C(O)[C@H](O)C4O)C3NC(C)=O)[C@H](O)C2O)C1NC(C)=O. The highest BCUT2D eigenvalue weighted by atomic mass is 32.3. The van der Waals surface area contributed by atoms with Gasteiger partial charge in [0.15, 0.2) is 37.4 Å². The lowest BCUT2D eigenvalue weighted by atomic mass is 9.94. The van der Waals surface area contributed by atoms with Crippen molar-refractivity contribution >= 4 is 65.3 Å². The second-order valence-electron chi connectivity index (χ2n) is 15.3. The van der Waals surface area contributed by atoms with Gasteiger partial charge in [-0.25, -0.2) is 26.3 Å². The standard InChI is InChI=1S/C31H48N2O35S4/c1-4-5-57-28-12(32-8(2)34)21(19(67-71(51,52)53)10(60-28)6-58-69(45,46)47)62-31-18(40)16(38)23(25(66-31)27(43)44)64-29-13(33-9(3)35)22(63-30-17(39)14(36)15(37)24(65-30)26(41)42)20(68-72(54,55)56)11(61-29)7-59-70(48,49)50/h4,10-25,28-31,36-40H,1,5-7H2,2-3H3,(H,32,34)(H,33,35)(H,41,42)(H,43,44)(H,45,46,47)(H,48,49,50)(H,51,52,53)(H,54,55,56)/t10?,11?,12?,13?,14-,15?,16+,17?,18?,19-,20-,21+,22+,23-,24?,25?,28+,29-,30+,31+/m0/s1. The number of aliphatic carboxylic acids is 2. The number of nitrogens with one attached hydrogen (secondary N) is 2. The van der Waals surface area contributed by atoms with Gasteiger partial charge in [0.25, 0.3) is 0 Å². The summed E-state index contributed by atoms with van der Waals surface area (Å²) >= 11 is 0. The first-order chi connectivity index (χ1) is 33.0. The van der Waals surface area contributed by atoms with Gasteiger partial charge in [-0.1, -0.05) is 6.08 Å². The van der Waals surface area contributed by atoms with E-state index < -0.39 is 208 Å². The minimum absolute atomic E-state index is 0.479. The highest BCUT2D eigenvalue weighted by molar-refractivity contribution is 7.81. The molecule has 0 aromatic rings. The Kier molecular flexibility index (Phi) is 20.8. The third kappa shape index (κ3) is 16.8. The van der Waals surface area contributed by atoms with E-state index in [2.05, 4.69) is 28.6 Å². The van der Waals surface area contributed by atoms with E-state index in [4.69, 9.17) is 37.9 Å². The Balaban J connectivity index is 1.83. The van der Waals surface area contributed by atoms with Crippen LogP contribution in [-0.2, 0) is 115 Å². The van der Waals surface area contributed by atoms with Crippen molar-refractivity contribution in [3.63, 3.8) is 0 Å². The molecule has 0 aromatic heterocycles. The number of amides is 2. The van der Waals surface area contributed by atoms with Crippen LogP contribution in [0.4, 0.5) is 0 Å². The van der Waals surface area contributed by atoms with Gasteiger partial charge in [-0.05, 0) is 0 Å². The van der Waals surface area contributed by atoms with E-state index in [9.17, 15) is 107 Å². The van der Waals surface area contributed by atoms with Crippen molar-refractivity contribution in [3.05, 3.63) is 12.7 Å². The normalized spacial score (nSPS) is 38.0. The van der Waals surface area contributed by atoms with Crippen molar-refractivity contribution in [1.29, 1.82) is 0 Å². The largest absolute Gasteiger partial charge is 0.479 e. The fourth-order valence-electron chi connectivity index (χ4n) is 7.34. The molecule has 4 rings (SSSR count). The minimum Gasteiger partial charge on any atom is -0.479 e. The molecule has 0 bridgehead atoms. The van der Waals surface area contributed by atoms with Gasteiger partial charge in [-0.3, -0.25) is 27.8 Å².